The van der Waals surface area contributed by atoms with Crippen molar-refractivity contribution >= 4 is 11.0 Å². The molecule has 86 valence electrons. The Morgan fingerprint density at radius 1 is 1.29 bits per heavy atom. The second kappa shape index (κ2) is 3.73. The highest BCUT2D eigenvalue weighted by Gasteiger charge is 2.12. The van der Waals surface area contributed by atoms with E-state index in [1.807, 2.05) is 13.1 Å². The summed E-state index contributed by atoms with van der Waals surface area (Å²) in [6, 6.07) is 4.17. The summed E-state index contributed by atoms with van der Waals surface area (Å²) in [5.41, 5.74) is 4.05. The highest BCUT2D eigenvalue weighted by atomic mass is 16.5. The first-order chi connectivity index (χ1) is 8.29. The minimum Gasteiger partial charge on any atom is -0.356 e. The molecule has 0 fully saturated rings. The second-order valence-corrected chi connectivity index (χ2v) is 4.08. The summed E-state index contributed by atoms with van der Waals surface area (Å²) in [6.07, 6.45) is 4.57. The molecule has 2 heterocycles. The average Bonchev–Trinajstić information content (AvgIpc) is 2.96. The summed E-state index contributed by atoms with van der Waals surface area (Å²) < 4.78 is 5.36. The molecule has 0 aliphatic heterocycles. The van der Waals surface area contributed by atoms with Crippen LogP contribution >= 0.6 is 0 Å². The number of hydrogen-bond acceptors (Lipinski definition) is 3. The van der Waals surface area contributed by atoms with Crippen molar-refractivity contribution in [1.82, 2.24) is 15.1 Å². The van der Waals surface area contributed by atoms with Crippen LogP contribution in [0.3, 0.4) is 0 Å². The van der Waals surface area contributed by atoms with Crippen LogP contribution in [-0.4, -0.2) is 15.1 Å². The van der Waals surface area contributed by atoms with Gasteiger partial charge in [-0.25, -0.2) is 4.98 Å². The van der Waals surface area contributed by atoms with Crippen LogP contribution in [0.25, 0.3) is 22.2 Å². The van der Waals surface area contributed by atoms with Gasteiger partial charge in [0.25, 0.3) is 0 Å². The molecule has 0 unspecified atom stereocenters. The Hall–Kier alpha value is -2.10. The molecular weight excluding hydrogens is 214 g/mol. The van der Waals surface area contributed by atoms with Crippen LogP contribution in [-0.2, 0) is 6.42 Å². The molecule has 0 atom stereocenters. The smallest absolute Gasteiger partial charge is 0.176 e. The van der Waals surface area contributed by atoms with Crippen molar-refractivity contribution in [3.63, 3.8) is 0 Å². The van der Waals surface area contributed by atoms with Gasteiger partial charge in [0.1, 0.15) is 5.82 Å². The van der Waals surface area contributed by atoms with Gasteiger partial charge in [-0.3, -0.25) is 0 Å². The molecule has 0 aliphatic rings. The number of aromatic nitrogens is 3. The lowest BCUT2D eigenvalue weighted by molar-refractivity contribution is 0.457. The molecule has 3 rings (SSSR count). The summed E-state index contributed by atoms with van der Waals surface area (Å²) in [5.74, 6) is 0.896. The van der Waals surface area contributed by atoms with E-state index < -0.39 is 0 Å². The third-order valence-electron chi connectivity index (χ3n) is 2.99. The number of fused-ring (bicyclic) bond motifs is 1. The van der Waals surface area contributed by atoms with E-state index in [4.69, 9.17) is 4.52 Å². The lowest BCUT2D eigenvalue weighted by Crippen LogP contribution is -1.85. The zero-order valence-corrected chi connectivity index (χ0v) is 9.82. The van der Waals surface area contributed by atoms with E-state index in [1.165, 1.54) is 5.56 Å². The van der Waals surface area contributed by atoms with Crippen molar-refractivity contribution < 1.29 is 4.52 Å². The molecule has 0 spiro atoms. The van der Waals surface area contributed by atoms with Gasteiger partial charge in [0.15, 0.2) is 5.58 Å². The summed E-state index contributed by atoms with van der Waals surface area (Å²) in [7, 11) is 0. The van der Waals surface area contributed by atoms with Crippen LogP contribution in [0, 0.1) is 6.92 Å². The first kappa shape index (κ1) is 10.1. The summed E-state index contributed by atoms with van der Waals surface area (Å²) in [5, 5.41) is 4.97. The van der Waals surface area contributed by atoms with Crippen molar-refractivity contribution in [3.8, 4) is 11.3 Å². The SMILES string of the molecule is CCc1ccc(-c2cnc(C)[nH]2)c2oncc12. The molecule has 4 heteroatoms. The highest BCUT2D eigenvalue weighted by molar-refractivity contribution is 5.92. The number of benzene rings is 1. The Morgan fingerprint density at radius 3 is 2.88 bits per heavy atom. The molecule has 0 bridgehead atoms. The van der Waals surface area contributed by atoms with E-state index in [0.717, 1.165) is 34.5 Å². The summed E-state index contributed by atoms with van der Waals surface area (Å²) in [4.78, 5) is 7.42. The molecule has 4 nitrogen and oxygen atoms in total. The molecule has 0 radical (unpaired) electrons. The molecule has 0 amide bonds. The molecule has 2 aromatic heterocycles. The van der Waals surface area contributed by atoms with E-state index in [0.29, 0.717) is 0 Å². The van der Waals surface area contributed by atoms with E-state index in [1.54, 1.807) is 6.20 Å². The van der Waals surface area contributed by atoms with Gasteiger partial charge in [0.2, 0.25) is 0 Å². The number of aryl methyl sites for hydroxylation is 2. The quantitative estimate of drug-likeness (QED) is 0.731. The van der Waals surface area contributed by atoms with Crippen LogP contribution < -0.4 is 0 Å². The van der Waals surface area contributed by atoms with Crippen LogP contribution in [0.15, 0.2) is 29.0 Å². The Labute approximate surface area is 98.7 Å². The third kappa shape index (κ3) is 1.53. The van der Waals surface area contributed by atoms with Crippen molar-refractivity contribution in [1.29, 1.82) is 0 Å². The van der Waals surface area contributed by atoms with Crippen molar-refractivity contribution in [2.45, 2.75) is 20.3 Å². The summed E-state index contributed by atoms with van der Waals surface area (Å²) in [6.45, 7) is 4.06. The topological polar surface area (TPSA) is 54.7 Å². The lowest BCUT2D eigenvalue weighted by Gasteiger charge is -2.02. The Bertz CT molecular complexity index is 666. The number of aromatic amines is 1. The van der Waals surface area contributed by atoms with Gasteiger partial charge < -0.3 is 9.51 Å². The Balaban J connectivity index is 2.27. The fraction of sp³-hybridized carbons (Fsp3) is 0.231. The van der Waals surface area contributed by atoms with Crippen LogP contribution in [0.5, 0.6) is 0 Å². The minimum absolute atomic E-state index is 0.827. The second-order valence-electron chi connectivity index (χ2n) is 4.08. The lowest BCUT2D eigenvalue weighted by atomic mass is 10.0. The molecule has 0 saturated heterocycles. The van der Waals surface area contributed by atoms with E-state index in [2.05, 4.69) is 34.2 Å². The largest absolute Gasteiger partial charge is 0.356 e. The molecule has 1 aromatic carbocycles. The van der Waals surface area contributed by atoms with Gasteiger partial charge in [-0.2, -0.15) is 0 Å². The molecular formula is C13H13N3O. The maximum atomic E-state index is 5.36. The van der Waals surface area contributed by atoms with Crippen LogP contribution in [0.4, 0.5) is 0 Å². The third-order valence-corrected chi connectivity index (χ3v) is 2.99. The first-order valence-corrected chi connectivity index (χ1v) is 5.68. The van der Waals surface area contributed by atoms with Crippen LogP contribution in [0.2, 0.25) is 0 Å². The minimum atomic E-state index is 0.827. The van der Waals surface area contributed by atoms with Crippen molar-refractivity contribution in [3.05, 3.63) is 35.9 Å². The number of imidazole rings is 1. The number of nitrogens with zero attached hydrogens (tertiary/aromatic N) is 2. The first-order valence-electron chi connectivity index (χ1n) is 5.68. The molecule has 17 heavy (non-hydrogen) atoms. The molecule has 1 N–H and O–H groups in total. The zero-order chi connectivity index (χ0) is 11.8. The van der Waals surface area contributed by atoms with Gasteiger partial charge in [0.05, 0.1) is 18.1 Å². The maximum absolute atomic E-state index is 5.36. The number of rotatable bonds is 2. The number of H-pyrrole nitrogens is 1. The Kier molecular flexibility index (Phi) is 2.21. The van der Waals surface area contributed by atoms with Gasteiger partial charge in [-0.1, -0.05) is 18.1 Å². The standard InChI is InChI=1S/C13H13N3O/c1-3-9-4-5-10(12-7-14-8(2)16-12)13-11(9)6-15-17-13/h4-7H,3H2,1-2H3,(H,14,16). The van der Waals surface area contributed by atoms with E-state index in [9.17, 15) is 0 Å². The maximum Gasteiger partial charge on any atom is 0.176 e. The predicted octanol–water partition coefficient (Wildman–Crippen LogP) is 3.09. The highest BCUT2D eigenvalue weighted by Crippen LogP contribution is 2.29. The zero-order valence-electron chi connectivity index (χ0n) is 9.82. The number of hydrogen-bond donors (Lipinski definition) is 1. The van der Waals surface area contributed by atoms with Gasteiger partial charge in [0, 0.05) is 10.9 Å². The fourth-order valence-electron chi connectivity index (χ4n) is 2.09. The summed E-state index contributed by atoms with van der Waals surface area (Å²) >= 11 is 0. The van der Waals surface area contributed by atoms with Crippen LogP contribution in [0.1, 0.15) is 18.3 Å². The molecule has 0 saturated carbocycles. The van der Waals surface area contributed by atoms with Crippen molar-refractivity contribution in [2.24, 2.45) is 0 Å². The predicted molar refractivity (Wildman–Crippen MR) is 65.7 cm³/mol. The van der Waals surface area contributed by atoms with E-state index >= 15 is 0 Å². The number of nitrogens with one attached hydrogen (secondary N) is 1. The van der Waals surface area contributed by atoms with Gasteiger partial charge in [-0.05, 0) is 25.0 Å². The fourth-order valence-corrected chi connectivity index (χ4v) is 2.09. The van der Waals surface area contributed by atoms with Gasteiger partial charge in [-0.15, -0.1) is 0 Å². The van der Waals surface area contributed by atoms with E-state index in [-0.39, 0.29) is 0 Å². The monoisotopic (exact) mass is 227 g/mol. The Morgan fingerprint density at radius 2 is 2.18 bits per heavy atom. The average molecular weight is 227 g/mol. The normalized spacial score (nSPS) is 11.2. The molecule has 0 aliphatic carbocycles. The molecule has 3 aromatic rings. The van der Waals surface area contributed by atoms with Crippen molar-refractivity contribution in [2.75, 3.05) is 0 Å². The van der Waals surface area contributed by atoms with Gasteiger partial charge >= 0.3 is 0 Å².